The number of carboxylic acids is 1. The summed E-state index contributed by atoms with van der Waals surface area (Å²) in [6.45, 7) is 0. The fourth-order valence-electron chi connectivity index (χ4n) is 1.78. The third-order valence-electron chi connectivity index (χ3n) is 2.78. The van der Waals surface area contributed by atoms with Crippen LogP contribution >= 0.6 is 0 Å². The van der Waals surface area contributed by atoms with Gasteiger partial charge in [0.25, 0.3) is 5.91 Å². The van der Waals surface area contributed by atoms with Gasteiger partial charge in [0.05, 0.1) is 22.9 Å². The van der Waals surface area contributed by atoms with Crippen molar-refractivity contribution in [3.63, 3.8) is 0 Å². The Morgan fingerprint density at radius 3 is 2.62 bits per heavy atom. The van der Waals surface area contributed by atoms with Crippen molar-refractivity contribution in [2.24, 2.45) is 0 Å². The highest BCUT2D eigenvalue weighted by molar-refractivity contribution is 6.08. The maximum absolute atomic E-state index is 12.1. The molecular formula is C15H11N3O3. The van der Waals surface area contributed by atoms with Crippen molar-refractivity contribution < 1.29 is 14.7 Å². The predicted molar refractivity (Wildman–Crippen MR) is 76.9 cm³/mol. The number of carbonyl (C=O) groups excluding carboxylic acids is 1. The molecule has 0 aliphatic heterocycles. The zero-order chi connectivity index (χ0) is 15.4. The SMILES string of the molecule is N#Cc1cccc(C(=O)Nc2cc(N)ccc2C(=O)O)c1. The summed E-state index contributed by atoms with van der Waals surface area (Å²) in [6.07, 6.45) is 0. The number of carboxylic acid groups (broad SMARTS) is 1. The van der Waals surface area contributed by atoms with Crippen molar-refractivity contribution in [3.05, 3.63) is 59.2 Å². The lowest BCUT2D eigenvalue weighted by atomic mass is 10.1. The van der Waals surface area contributed by atoms with Crippen LogP contribution < -0.4 is 11.1 Å². The molecule has 0 aliphatic carbocycles. The molecule has 0 bridgehead atoms. The van der Waals surface area contributed by atoms with Gasteiger partial charge in [0, 0.05) is 11.3 Å². The molecule has 0 spiro atoms. The Labute approximate surface area is 120 Å². The number of hydrogen-bond acceptors (Lipinski definition) is 4. The van der Waals surface area contributed by atoms with Gasteiger partial charge in [-0.15, -0.1) is 0 Å². The summed E-state index contributed by atoms with van der Waals surface area (Å²) in [4.78, 5) is 23.2. The maximum Gasteiger partial charge on any atom is 0.337 e. The Hall–Kier alpha value is -3.33. The Balaban J connectivity index is 2.33. The topological polar surface area (TPSA) is 116 Å². The van der Waals surface area contributed by atoms with Gasteiger partial charge in [-0.05, 0) is 36.4 Å². The summed E-state index contributed by atoms with van der Waals surface area (Å²) in [5.41, 5.74) is 6.58. The van der Waals surface area contributed by atoms with Crippen LogP contribution in [0.3, 0.4) is 0 Å². The van der Waals surface area contributed by atoms with Gasteiger partial charge in [-0.25, -0.2) is 4.79 Å². The molecule has 0 fully saturated rings. The molecule has 0 aromatic heterocycles. The Kier molecular flexibility index (Phi) is 3.86. The molecule has 4 N–H and O–H groups in total. The molecule has 2 aromatic rings. The van der Waals surface area contributed by atoms with E-state index in [0.29, 0.717) is 11.3 Å². The number of benzene rings is 2. The van der Waals surface area contributed by atoms with Crippen molar-refractivity contribution in [1.82, 2.24) is 0 Å². The van der Waals surface area contributed by atoms with Crippen molar-refractivity contribution in [1.29, 1.82) is 5.26 Å². The molecule has 0 aliphatic rings. The van der Waals surface area contributed by atoms with E-state index in [0.717, 1.165) is 0 Å². The highest BCUT2D eigenvalue weighted by atomic mass is 16.4. The number of amides is 1. The molecular weight excluding hydrogens is 270 g/mol. The van der Waals surface area contributed by atoms with E-state index in [1.807, 2.05) is 6.07 Å². The number of carbonyl (C=O) groups is 2. The molecule has 6 heteroatoms. The van der Waals surface area contributed by atoms with Gasteiger partial charge in [0.1, 0.15) is 0 Å². The molecule has 1 amide bonds. The highest BCUT2D eigenvalue weighted by Crippen LogP contribution is 2.20. The summed E-state index contributed by atoms with van der Waals surface area (Å²) >= 11 is 0. The van der Waals surface area contributed by atoms with Gasteiger partial charge in [0.2, 0.25) is 0 Å². The van der Waals surface area contributed by atoms with E-state index < -0.39 is 11.9 Å². The molecule has 2 aromatic carbocycles. The molecule has 21 heavy (non-hydrogen) atoms. The van der Waals surface area contributed by atoms with E-state index in [4.69, 9.17) is 16.1 Å². The molecule has 104 valence electrons. The quantitative estimate of drug-likeness (QED) is 0.745. The lowest BCUT2D eigenvalue weighted by Gasteiger charge is -2.09. The zero-order valence-corrected chi connectivity index (χ0v) is 10.8. The molecule has 6 nitrogen and oxygen atoms in total. The monoisotopic (exact) mass is 281 g/mol. The average Bonchev–Trinajstić information content (AvgIpc) is 2.47. The Bertz CT molecular complexity index is 763. The van der Waals surface area contributed by atoms with Crippen LogP contribution in [0.2, 0.25) is 0 Å². The van der Waals surface area contributed by atoms with Gasteiger partial charge in [-0.3, -0.25) is 4.79 Å². The second-order valence-electron chi connectivity index (χ2n) is 4.26. The van der Waals surface area contributed by atoms with E-state index in [-0.39, 0.29) is 16.8 Å². The minimum absolute atomic E-state index is 0.0611. The Morgan fingerprint density at radius 1 is 1.19 bits per heavy atom. The maximum atomic E-state index is 12.1. The van der Waals surface area contributed by atoms with Crippen LogP contribution in [0.5, 0.6) is 0 Å². The second-order valence-corrected chi connectivity index (χ2v) is 4.26. The summed E-state index contributed by atoms with van der Waals surface area (Å²) in [7, 11) is 0. The number of nitrogens with two attached hydrogens (primary N) is 1. The second kappa shape index (κ2) is 5.75. The third-order valence-corrected chi connectivity index (χ3v) is 2.78. The summed E-state index contributed by atoms with van der Waals surface area (Å²) in [5.74, 6) is -1.68. The van der Waals surface area contributed by atoms with Gasteiger partial charge in [0.15, 0.2) is 0 Å². The highest BCUT2D eigenvalue weighted by Gasteiger charge is 2.14. The first-order chi connectivity index (χ1) is 10.0. The minimum Gasteiger partial charge on any atom is -0.478 e. The lowest BCUT2D eigenvalue weighted by Crippen LogP contribution is -2.15. The molecule has 0 saturated heterocycles. The van der Waals surface area contributed by atoms with E-state index >= 15 is 0 Å². The van der Waals surface area contributed by atoms with Crippen molar-refractivity contribution >= 4 is 23.3 Å². The third kappa shape index (κ3) is 3.16. The normalized spacial score (nSPS) is 9.67. The first-order valence-corrected chi connectivity index (χ1v) is 5.95. The standard InChI is InChI=1S/C15H11N3O3/c16-8-9-2-1-3-10(6-9)14(19)18-13-7-11(17)4-5-12(13)15(20)21/h1-7H,17H2,(H,18,19)(H,20,21). The smallest absolute Gasteiger partial charge is 0.337 e. The van der Waals surface area contributed by atoms with E-state index in [9.17, 15) is 9.59 Å². The number of aromatic carboxylic acids is 1. The van der Waals surface area contributed by atoms with Gasteiger partial charge >= 0.3 is 5.97 Å². The number of hydrogen-bond donors (Lipinski definition) is 3. The van der Waals surface area contributed by atoms with E-state index in [2.05, 4.69) is 5.32 Å². The van der Waals surface area contributed by atoms with Gasteiger partial charge in [-0.1, -0.05) is 6.07 Å². The number of nitrogens with one attached hydrogen (secondary N) is 1. The van der Waals surface area contributed by atoms with Crippen LogP contribution in [0.25, 0.3) is 0 Å². The number of nitrogens with zero attached hydrogens (tertiary/aromatic N) is 1. The summed E-state index contributed by atoms with van der Waals surface area (Å²) in [5, 5.41) is 20.4. The number of rotatable bonds is 3. The molecule has 0 heterocycles. The van der Waals surface area contributed by atoms with Gasteiger partial charge < -0.3 is 16.2 Å². The van der Waals surface area contributed by atoms with Crippen molar-refractivity contribution in [3.8, 4) is 6.07 Å². The fraction of sp³-hybridized carbons (Fsp3) is 0. The van der Waals surface area contributed by atoms with Crippen molar-refractivity contribution in [2.45, 2.75) is 0 Å². The molecule has 0 radical (unpaired) electrons. The van der Waals surface area contributed by atoms with Crippen LogP contribution in [0.15, 0.2) is 42.5 Å². The van der Waals surface area contributed by atoms with Crippen LogP contribution in [-0.4, -0.2) is 17.0 Å². The van der Waals surface area contributed by atoms with Crippen molar-refractivity contribution in [2.75, 3.05) is 11.1 Å². The molecule has 0 unspecified atom stereocenters. The minimum atomic E-state index is -1.17. The Morgan fingerprint density at radius 2 is 1.95 bits per heavy atom. The zero-order valence-electron chi connectivity index (χ0n) is 10.8. The van der Waals surface area contributed by atoms with Crippen LogP contribution in [-0.2, 0) is 0 Å². The van der Waals surface area contributed by atoms with Crippen LogP contribution in [0.1, 0.15) is 26.3 Å². The number of nitriles is 1. The fourth-order valence-corrected chi connectivity index (χ4v) is 1.78. The van der Waals surface area contributed by atoms with Crippen LogP contribution in [0.4, 0.5) is 11.4 Å². The van der Waals surface area contributed by atoms with Crippen LogP contribution in [0, 0.1) is 11.3 Å². The summed E-state index contributed by atoms with van der Waals surface area (Å²) < 4.78 is 0. The first kappa shape index (κ1) is 14.1. The average molecular weight is 281 g/mol. The number of nitrogen functional groups attached to an aromatic ring is 1. The summed E-state index contributed by atoms with van der Waals surface area (Å²) in [6, 6.07) is 12.2. The van der Waals surface area contributed by atoms with E-state index in [1.54, 1.807) is 12.1 Å². The number of anilines is 2. The van der Waals surface area contributed by atoms with E-state index in [1.165, 1.54) is 30.3 Å². The lowest BCUT2D eigenvalue weighted by molar-refractivity contribution is 0.0698. The predicted octanol–water partition coefficient (Wildman–Crippen LogP) is 2.09. The molecule has 0 saturated carbocycles. The molecule has 2 rings (SSSR count). The first-order valence-electron chi connectivity index (χ1n) is 5.95. The largest absolute Gasteiger partial charge is 0.478 e. The molecule has 0 atom stereocenters. The van der Waals surface area contributed by atoms with Gasteiger partial charge in [-0.2, -0.15) is 5.26 Å².